The molecule has 1 aromatic rings. The first kappa shape index (κ1) is 12.4. The van der Waals surface area contributed by atoms with Crippen LogP contribution in [0.1, 0.15) is 5.82 Å². The fourth-order valence-corrected chi connectivity index (χ4v) is 1.95. The molecule has 1 fully saturated rings. The fourth-order valence-electron chi connectivity index (χ4n) is 1.95. The second kappa shape index (κ2) is 6.04. The first-order valence-electron chi connectivity index (χ1n) is 6.08. The van der Waals surface area contributed by atoms with Crippen molar-refractivity contribution < 1.29 is 0 Å². The number of likely N-dealkylation sites (N-methyl/N-ethyl adjacent to an activating group) is 1. The molecule has 0 aliphatic carbocycles. The number of tetrazole rings is 1. The van der Waals surface area contributed by atoms with E-state index in [9.17, 15) is 0 Å². The number of aryl methyl sites for hydroxylation is 1. The summed E-state index contributed by atoms with van der Waals surface area (Å²) in [5.74, 6) is 0.787. The Labute approximate surface area is 102 Å². The summed E-state index contributed by atoms with van der Waals surface area (Å²) in [7, 11) is 3.88. The van der Waals surface area contributed by atoms with Gasteiger partial charge in [-0.1, -0.05) is 0 Å². The Bertz CT molecular complexity index is 331. The molecule has 0 amide bonds. The van der Waals surface area contributed by atoms with E-state index in [1.165, 1.54) is 4.80 Å². The van der Waals surface area contributed by atoms with E-state index in [2.05, 4.69) is 37.6 Å². The van der Waals surface area contributed by atoms with E-state index < -0.39 is 0 Å². The van der Waals surface area contributed by atoms with Gasteiger partial charge in [0.2, 0.25) is 0 Å². The lowest BCUT2D eigenvalue weighted by Crippen LogP contribution is -2.45. The van der Waals surface area contributed by atoms with Crippen molar-refractivity contribution in [2.75, 3.05) is 46.3 Å². The third-order valence-electron chi connectivity index (χ3n) is 2.97. The number of rotatable bonds is 5. The molecule has 1 saturated heterocycles. The first-order chi connectivity index (χ1) is 8.24. The van der Waals surface area contributed by atoms with Crippen molar-refractivity contribution in [3.05, 3.63) is 5.82 Å². The van der Waals surface area contributed by atoms with E-state index in [-0.39, 0.29) is 0 Å². The van der Waals surface area contributed by atoms with Crippen LogP contribution in [0.3, 0.4) is 0 Å². The predicted octanol–water partition coefficient (Wildman–Crippen LogP) is -1.45. The van der Waals surface area contributed by atoms with Crippen LogP contribution >= 0.6 is 0 Å². The molecule has 0 atom stereocenters. The summed E-state index contributed by atoms with van der Waals surface area (Å²) < 4.78 is 0. The third kappa shape index (κ3) is 4.03. The molecule has 2 rings (SSSR count). The molecule has 17 heavy (non-hydrogen) atoms. The van der Waals surface area contributed by atoms with Gasteiger partial charge in [-0.2, -0.15) is 4.80 Å². The average Bonchev–Trinajstić information content (AvgIpc) is 2.73. The summed E-state index contributed by atoms with van der Waals surface area (Å²) >= 11 is 0. The van der Waals surface area contributed by atoms with E-state index in [4.69, 9.17) is 0 Å². The van der Waals surface area contributed by atoms with Crippen molar-refractivity contribution in [1.82, 2.24) is 35.3 Å². The maximum Gasteiger partial charge on any atom is 0.188 e. The van der Waals surface area contributed by atoms with Gasteiger partial charge in [0.25, 0.3) is 0 Å². The third-order valence-corrected chi connectivity index (χ3v) is 2.97. The number of nitrogens with one attached hydrogen (secondary N) is 1. The second-order valence-electron chi connectivity index (χ2n) is 4.52. The lowest BCUT2D eigenvalue weighted by atomic mass is 10.3. The first-order valence-corrected chi connectivity index (χ1v) is 6.08. The molecule has 0 saturated carbocycles. The molecule has 7 heteroatoms. The molecule has 1 aliphatic rings. The summed E-state index contributed by atoms with van der Waals surface area (Å²) in [6, 6.07) is 0. The van der Waals surface area contributed by atoms with Crippen LogP contribution < -0.4 is 5.32 Å². The average molecular weight is 239 g/mol. The van der Waals surface area contributed by atoms with Gasteiger partial charge in [0.15, 0.2) is 5.82 Å². The Morgan fingerprint density at radius 3 is 2.76 bits per heavy atom. The number of hydrogen-bond acceptors (Lipinski definition) is 6. The summed E-state index contributed by atoms with van der Waals surface area (Å²) in [4.78, 5) is 6.22. The highest BCUT2D eigenvalue weighted by atomic mass is 15.6. The molecule has 2 heterocycles. The zero-order valence-corrected chi connectivity index (χ0v) is 10.6. The van der Waals surface area contributed by atoms with Gasteiger partial charge in [-0.15, -0.1) is 10.2 Å². The molecular weight excluding hydrogens is 218 g/mol. The van der Waals surface area contributed by atoms with E-state index in [0.717, 1.165) is 51.6 Å². The molecule has 0 bridgehead atoms. The fraction of sp³-hybridized carbons (Fsp3) is 0.900. The summed E-state index contributed by atoms with van der Waals surface area (Å²) in [5, 5.41) is 15.4. The minimum atomic E-state index is 0.764. The molecule has 7 nitrogen and oxygen atoms in total. The monoisotopic (exact) mass is 239 g/mol. The van der Waals surface area contributed by atoms with E-state index in [1.54, 1.807) is 7.05 Å². The van der Waals surface area contributed by atoms with Crippen molar-refractivity contribution in [3.8, 4) is 0 Å². The van der Waals surface area contributed by atoms with Gasteiger partial charge < -0.3 is 5.32 Å². The quantitative estimate of drug-likeness (QED) is 0.678. The lowest BCUT2D eigenvalue weighted by Gasteiger charge is -2.28. The highest BCUT2D eigenvalue weighted by Gasteiger charge is 2.11. The minimum absolute atomic E-state index is 0.764. The van der Waals surface area contributed by atoms with E-state index in [1.807, 2.05) is 0 Å². The molecule has 0 spiro atoms. The van der Waals surface area contributed by atoms with Crippen LogP contribution in [0, 0.1) is 0 Å². The van der Waals surface area contributed by atoms with Gasteiger partial charge in [-0.25, -0.2) is 0 Å². The van der Waals surface area contributed by atoms with Gasteiger partial charge >= 0.3 is 0 Å². The zero-order valence-electron chi connectivity index (χ0n) is 10.6. The zero-order chi connectivity index (χ0) is 12.1. The van der Waals surface area contributed by atoms with Gasteiger partial charge in [0, 0.05) is 39.3 Å². The Hall–Kier alpha value is -1.05. The van der Waals surface area contributed by atoms with Crippen molar-refractivity contribution in [1.29, 1.82) is 0 Å². The highest BCUT2D eigenvalue weighted by molar-refractivity contribution is 4.76. The maximum atomic E-state index is 4.17. The topological polar surface area (TPSA) is 62.1 Å². The van der Waals surface area contributed by atoms with Gasteiger partial charge in [0.05, 0.1) is 13.6 Å². The van der Waals surface area contributed by atoms with E-state index in [0.29, 0.717) is 0 Å². The molecule has 0 aromatic carbocycles. The summed E-state index contributed by atoms with van der Waals surface area (Å²) in [6.45, 7) is 7.43. The molecule has 1 N–H and O–H groups in total. The predicted molar refractivity (Wildman–Crippen MR) is 64.4 cm³/mol. The van der Waals surface area contributed by atoms with Gasteiger partial charge in [-0.3, -0.25) is 9.80 Å². The van der Waals surface area contributed by atoms with Gasteiger partial charge in [0.1, 0.15) is 0 Å². The van der Waals surface area contributed by atoms with Crippen LogP contribution in [-0.4, -0.2) is 76.3 Å². The number of aromatic nitrogens is 4. The maximum absolute atomic E-state index is 4.17. The molecule has 0 radical (unpaired) electrons. The second-order valence-corrected chi connectivity index (χ2v) is 4.52. The van der Waals surface area contributed by atoms with Crippen LogP contribution in [0.25, 0.3) is 0 Å². The Balaban J connectivity index is 1.68. The van der Waals surface area contributed by atoms with Crippen LogP contribution in [0.15, 0.2) is 0 Å². The Morgan fingerprint density at radius 1 is 1.35 bits per heavy atom. The van der Waals surface area contributed by atoms with Crippen molar-refractivity contribution in [2.45, 2.75) is 6.54 Å². The summed E-state index contributed by atoms with van der Waals surface area (Å²) in [6.07, 6.45) is 0. The standard InChI is InChI=1S/C10H21N7/c1-15(9-10-12-14-16(2)13-10)7-8-17-5-3-11-4-6-17/h11H,3-9H2,1-2H3. The smallest absolute Gasteiger partial charge is 0.188 e. The molecule has 0 unspecified atom stereocenters. The molecule has 1 aromatic heterocycles. The van der Waals surface area contributed by atoms with Crippen LogP contribution in [0.4, 0.5) is 0 Å². The number of nitrogens with zero attached hydrogens (tertiary/aromatic N) is 6. The van der Waals surface area contributed by atoms with Crippen LogP contribution in [0.5, 0.6) is 0 Å². The largest absolute Gasteiger partial charge is 0.314 e. The SMILES string of the molecule is CN(CCN1CCNCC1)Cc1nnn(C)n1. The van der Waals surface area contributed by atoms with Crippen molar-refractivity contribution in [2.24, 2.45) is 7.05 Å². The summed E-state index contributed by atoms with van der Waals surface area (Å²) in [5.41, 5.74) is 0. The van der Waals surface area contributed by atoms with E-state index >= 15 is 0 Å². The normalized spacial score (nSPS) is 17.8. The lowest BCUT2D eigenvalue weighted by molar-refractivity contribution is 0.200. The molecule has 1 aliphatic heterocycles. The van der Waals surface area contributed by atoms with Crippen molar-refractivity contribution >= 4 is 0 Å². The van der Waals surface area contributed by atoms with Crippen LogP contribution in [-0.2, 0) is 13.6 Å². The Morgan fingerprint density at radius 2 is 2.12 bits per heavy atom. The molecule has 96 valence electrons. The number of piperazine rings is 1. The number of hydrogen-bond donors (Lipinski definition) is 1. The minimum Gasteiger partial charge on any atom is -0.314 e. The van der Waals surface area contributed by atoms with Crippen LogP contribution in [0.2, 0.25) is 0 Å². The molecular formula is C10H21N7. The van der Waals surface area contributed by atoms with Crippen molar-refractivity contribution in [3.63, 3.8) is 0 Å². The highest BCUT2D eigenvalue weighted by Crippen LogP contribution is 1.96. The van der Waals surface area contributed by atoms with Gasteiger partial charge in [-0.05, 0) is 12.3 Å². The Kier molecular flexibility index (Phi) is 4.41.